The average molecular weight is 249 g/mol. The van der Waals surface area contributed by atoms with E-state index in [1.807, 2.05) is 0 Å². The molecule has 1 N–H and O–H groups in total. The third kappa shape index (κ3) is 2.88. The van der Waals surface area contributed by atoms with Crippen LogP contribution in [-0.2, 0) is 6.18 Å². The van der Waals surface area contributed by atoms with Crippen LogP contribution in [0.4, 0.5) is 17.6 Å². The highest BCUT2D eigenvalue weighted by Gasteiger charge is 2.35. The van der Waals surface area contributed by atoms with E-state index in [0.717, 1.165) is 12.1 Å². The fourth-order valence-electron chi connectivity index (χ4n) is 1.73. The molecule has 1 aliphatic rings. The van der Waals surface area contributed by atoms with Crippen molar-refractivity contribution in [3.63, 3.8) is 0 Å². The summed E-state index contributed by atoms with van der Waals surface area (Å²) in [4.78, 5) is 0. The molecule has 1 unspecified atom stereocenters. The maximum atomic E-state index is 12.8. The minimum absolute atomic E-state index is 0.290. The highest BCUT2D eigenvalue weighted by atomic mass is 19.4. The van der Waals surface area contributed by atoms with Crippen molar-refractivity contribution in [2.75, 3.05) is 13.1 Å². The van der Waals surface area contributed by atoms with Crippen molar-refractivity contribution in [2.24, 2.45) is 0 Å². The zero-order valence-corrected chi connectivity index (χ0v) is 8.85. The zero-order valence-electron chi connectivity index (χ0n) is 8.85. The van der Waals surface area contributed by atoms with E-state index < -0.39 is 17.6 Å². The normalized spacial score (nSPS) is 20.6. The molecule has 0 aliphatic carbocycles. The Kier molecular flexibility index (Phi) is 3.24. The van der Waals surface area contributed by atoms with Crippen LogP contribution in [0.3, 0.4) is 0 Å². The lowest BCUT2D eigenvalue weighted by Gasteiger charge is -2.17. The SMILES string of the molecule is Fc1ccc(OC2CCNC2)c(C(F)(F)F)c1. The molecule has 1 saturated heterocycles. The number of alkyl halides is 3. The maximum Gasteiger partial charge on any atom is 0.420 e. The van der Waals surface area contributed by atoms with Crippen LogP contribution in [0, 0.1) is 5.82 Å². The summed E-state index contributed by atoms with van der Waals surface area (Å²) in [5.74, 6) is -1.23. The van der Waals surface area contributed by atoms with Crippen LogP contribution in [0.2, 0.25) is 0 Å². The molecule has 0 radical (unpaired) electrons. The van der Waals surface area contributed by atoms with Crippen molar-refractivity contribution in [1.82, 2.24) is 5.32 Å². The predicted molar refractivity (Wildman–Crippen MR) is 53.3 cm³/mol. The van der Waals surface area contributed by atoms with E-state index in [9.17, 15) is 17.6 Å². The third-order valence-corrected chi connectivity index (χ3v) is 2.56. The summed E-state index contributed by atoms with van der Waals surface area (Å²) in [7, 11) is 0. The molecule has 1 aromatic rings. The van der Waals surface area contributed by atoms with Crippen LogP contribution in [0.25, 0.3) is 0 Å². The average Bonchev–Trinajstić information content (AvgIpc) is 2.72. The Morgan fingerprint density at radius 3 is 2.65 bits per heavy atom. The topological polar surface area (TPSA) is 21.3 Å². The summed E-state index contributed by atoms with van der Waals surface area (Å²) in [6.07, 6.45) is -4.25. The first-order valence-corrected chi connectivity index (χ1v) is 5.21. The molecule has 2 nitrogen and oxygen atoms in total. The van der Waals surface area contributed by atoms with Crippen LogP contribution >= 0.6 is 0 Å². The van der Waals surface area contributed by atoms with Gasteiger partial charge in [-0.1, -0.05) is 0 Å². The van der Waals surface area contributed by atoms with Gasteiger partial charge in [-0.15, -0.1) is 0 Å². The van der Waals surface area contributed by atoms with Gasteiger partial charge in [0.25, 0.3) is 0 Å². The van der Waals surface area contributed by atoms with E-state index in [0.29, 0.717) is 25.6 Å². The molecule has 1 aromatic carbocycles. The van der Waals surface area contributed by atoms with Gasteiger partial charge in [0.1, 0.15) is 23.2 Å². The second-order valence-electron chi connectivity index (χ2n) is 3.87. The summed E-state index contributed by atoms with van der Waals surface area (Å²) in [6, 6.07) is 2.45. The van der Waals surface area contributed by atoms with Crippen LogP contribution in [0.15, 0.2) is 18.2 Å². The molecule has 0 aromatic heterocycles. The zero-order chi connectivity index (χ0) is 12.5. The number of rotatable bonds is 2. The molecule has 6 heteroatoms. The molecule has 17 heavy (non-hydrogen) atoms. The Morgan fingerprint density at radius 1 is 1.29 bits per heavy atom. The first-order valence-electron chi connectivity index (χ1n) is 5.21. The number of nitrogens with one attached hydrogen (secondary N) is 1. The van der Waals surface area contributed by atoms with Gasteiger partial charge in [-0.2, -0.15) is 13.2 Å². The van der Waals surface area contributed by atoms with Gasteiger partial charge in [0.15, 0.2) is 0 Å². The number of hydrogen-bond acceptors (Lipinski definition) is 2. The van der Waals surface area contributed by atoms with Crippen LogP contribution in [0.5, 0.6) is 5.75 Å². The summed E-state index contributed by atoms with van der Waals surface area (Å²) in [5.41, 5.74) is -1.07. The minimum Gasteiger partial charge on any atom is -0.488 e. The van der Waals surface area contributed by atoms with Crippen molar-refractivity contribution in [3.8, 4) is 5.75 Å². The molecule has 1 heterocycles. The molecule has 0 saturated carbocycles. The second kappa shape index (κ2) is 4.52. The number of benzene rings is 1. The highest BCUT2D eigenvalue weighted by molar-refractivity contribution is 5.36. The van der Waals surface area contributed by atoms with Crippen molar-refractivity contribution in [2.45, 2.75) is 18.7 Å². The Morgan fingerprint density at radius 2 is 2.06 bits per heavy atom. The molecule has 0 spiro atoms. The van der Waals surface area contributed by atoms with E-state index in [1.165, 1.54) is 0 Å². The fourth-order valence-corrected chi connectivity index (χ4v) is 1.73. The first kappa shape index (κ1) is 12.2. The lowest BCUT2D eigenvalue weighted by atomic mass is 10.2. The lowest BCUT2D eigenvalue weighted by molar-refractivity contribution is -0.139. The van der Waals surface area contributed by atoms with Crippen LogP contribution in [0.1, 0.15) is 12.0 Å². The van der Waals surface area contributed by atoms with E-state index in [1.54, 1.807) is 0 Å². The van der Waals surface area contributed by atoms with Gasteiger partial charge in [0, 0.05) is 6.54 Å². The number of ether oxygens (including phenoxy) is 1. The third-order valence-electron chi connectivity index (χ3n) is 2.56. The van der Waals surface area contributed by atoms with Crippen molar-refractivity contribution >= 4 is 0 Å². The second-order valence-corrected chi connectivity index (χ2v) is 3.87. The molecule has 1 aliphatic heterocycles. The van der Waals surface area contributed by atoms with Gasteiger partial charge in [-0.3, -0.25) is 0 Å². The summed E-state index contributed by atoms with van der Waals surface area (Å²) in [5, 5.41) is 2.98. The van der Waals surface area contributed by atoms with Gasteiger partial charge in [-0.05, 0) is 31.2 Å². The molecule has 94 valence electrons. The van der Waals surface area contributed by atoms with Crippen LogP contribution < -0.4 is 10.1 Å². The Hall–Kier alpha value is -1.30. The van der Waals surface area contributed by atoms with E-state index in [-0.39, 0.29) is 11.9 Å². The van der Waals surface area contributed by atoms with E-state index in [2.05, 4.69) is 5.32 Å². The standard InChI is InChI=1S/C11H11F4NO/c12-7-1-2-10(9(5-7)11(13,14)15)17-8-3-4-16-6-8/h1-2,5,8,16H,3-4,6H2. The van der Waals surface area contributed by atoms with E-state index >= 15 is 0 Å². The number of halogens is 4. The Balaban J connectivity index is 2.25. The number of hydrogen-bond donors (Lipinski definition) is 1. The smallest absolute Gasteiger partial charge is 0.420 e. The molecular weight excluding hydrogens is 238 g/mol. The molecular formula is C11H11F4NO. The molecule has 0 amide bonds. The summed E-state index contributed by atoms with van der Waals surface area (Å²) < 4.78 is 56.0. The first-order chi connectivity index (χ1) is 7.97. The Bertz CT molecular complexity index is 399. The molecule has 1 fully saturated rings. The van der Waals surface area contributed by atoms with Crippen LogP contribution in [-0.4, -0.2) is 19.2 Å². The van der Waals surface area contributed by atoms with Gasteiger partial charge in [0.2, 0.25) is 0 Å². The Labute approximate surface area is 95.6 Å². The maximum absolute atomic E-state index is 12.8. The largest absolute Gasteiger partial charge is 0.488 e. The predicted octanol–water partition coefficient (Wildman–Crippen LogP) is 2.59. The molecule has 1 atom stereocenters. The van der Waals surface area contributed by atoms with Gasteiger partial charge >= 0.3 is 6.18 Å². The van der Waals surface area contributed by atoms with Crippen molar-refractivity contribution in [1.29, 1.82) is 0 Å². The molecule has 0 bridgehead atoms. The quantitative estimate of drug-likeness (QED) is 0.813. The van der Waals surface area contributed by atoms with Gasteiger partial charge in [0.05, 0.1) is 0 Å². The van der Waals surface area contributed by atoms with Crippen molar-refractivity contribution in [3.05, 3.63) is 29.6 Å². The highest BCUT2D eigenvalue weighted by Crippen LogP contribution is 2.37. The van der Waals surface area contributed by atoms with Gasteiger partial charge in [-0.25, -0.2) is 4.39 Å². The summed E-state index contributed by atoms with van der Waals surface area (Å²) in [6.45, 7) is 1.22. The minimum atomic E-state index is -4.61. The summed E-state index contributed by atoms with van der Waals surface area (Å²) >= 11 is 0. The van der Waals surface area contributed by atoms with Crippen molar-refractivity contribution < 1.29 is 22.3 Å². The monoisotopic (exact) mass is 249 g/mol. The lowest BCUT2D eigenvalue weighted by Crippen LogP contribution is -2.21. The van der Waals surface area contributed by atoms with Gasteiger partial charge < -0.3 is 10.1 Å². The fraction of sp³-hybridized carbons (Fsp3) is 0.455. The molecule has 2 rings (SSSR count). The van der Waals surface area contributed by atoms with E-state index in [4.69, 9.17) is 4.74 Å².